The number of amides is 3. The number of aromatic amines is 2. The van der Waals surface area contributed by atoms with Crippen LogP contribution >= 0.6 is 0 Å². The molecule has 17 heteroatoms. The molecule has 0 aliphatic rings. The third-order valence-corrected chi connectivity index (χ3v) is 5.22. The lowest BCUT2D eigenvalue weighted by atomic mass is 10.1. The van der Waals surface area contributed by atoms with Gasteiger partial charge in [0.25, 0.3) is 0 Å². The maximum Gasteiger partial charge on any atom is 0.326 e. The molecule has 0 bridgehead atoms. The van der Waals surface area contributed by atoms with E-state index in [0.717, 1.165) is 0 Å². The van der Waals surface area contributed by atoms with Crippen molar-refractivity contribution in [1.82, 2.24) is 35.9 Å². The van der Waals surface area contributed by atoms with Crippen molar-refractivity contribution in [3.8, 4) is 0 Å². The molecule has 0 aliphatic heterocycles. The van der Waals surface area contributed by atoms with Gasteiger partial charge in [-0.3, -0.25) is 24.0 Å². The van der Waals surface area contributed by atoms with Gasteiger partial charge in [0.05, 0.1) is 25.1 Å². The largest absolute Gasteiger partial charge is 0.481 e. The number of carbonyl (C=O) groups is 6. The molecule has 17 nitrogen and oxygen atoms in total. The Morgan fingerprint density at radius 2 is 1.29 bits per heavy atom. The molecule has 38 heavy (non-hydrogen) atoms. The molecule has 2 aromatic rings. The summed E-state index contributed by atoms with van der Waals surface area (Å²) >= 11 is 0. The highest BCUT2D eigenvalue weighted by Gasteiger charge is 2.31. The molecule has 4 unspecified atom stereocenters. The Labute approximate surface area is 214 Å². The van der Waals surface area contributed by atoms with Gasteiger partial charge in [-0.25, -0.2) is 14.8 Å². The number of carbonyl (C=O) groups excluding carboxylic acids is 3. The van der Waals surface area contributed by atoms with Crippen molar-refractivity contribution in [2.45, 2.75) is 56.3 Å². The Balaban J connectivity index is 2.19. The highest BCUT2D eigenvalue weighted by atomic mass is 16.4. The summed E-state index contributed by atoms with van der Waals surface area (Å²) in [7, 11) is 0. The molecule has 2 aromatic heterocycles. The number of aliphatic carboxylic acids is 3. The highest BCUT2D eigenvalue weighted by molar-refractivity contribution is 5.95. The Morgan fingerprint density at radius 1 is 0.763 bits per heavy atom. The second-order valence-corrected chi connectivity index (χ2v) is 8.22. The predicted octanol–water partition coefficient (Wildman–Crippen LogP) is -2.88. The standard InChI is InChI=1S/C21H28N8O9/c22-12(3-10-6-23-8-25-10)18(34)28-14(4-11-7-24-9-26-11)20(36)27-13(1-2-16(30)31)19(35)29-15(21(37)38)5-17(32)33/h6-9,12-15H,1-5,22H2,(H,23,25)(H,24,26)(H,27,36)(H,28,34)(H,29,35)(H,30,31)(H,32,33)(H,37,38). The van der Waals surface area contributed by atoms with Crippen LogP contribution in [0.2, 0.25) is 0 Å². The van der Waals surface area contributed by atoms with Crippen LogP contribution in [0.4, 0.5) is 0 Å². The van der Waals surface area contributed by atoms with Crippen molar-refractivity contribution in [3.05, 3.63) is 36.4 Å². The minimum absolute atomic E-state index is 0.0774. The smallest absolute Gasteiger partial charge is 0.326 e. The SMILES string of the molecule is NC(Cc1cnc[nH]1)C(=O)NC(Cc1cnc[nH]1)C(=O)NC(CCC(=O)O)C(=O)NC(CC(=O)O)C(=O)O. The van der Waals surface area contributed by atoms with Crippen LogP contribution in [-0.4, -0.2) is 95.1 Å². The average molecular weight is 537 g/mol. The molecule has 206 valence electrons. The van der Waals surface area contributed by atoms with Crippen molar-refractivity contribution < 1.29 is 44.1 Å². The van der Waals surface area contributed by atoms with Crippen molar-refractivity contribution >= 4 is 35.6 Å². The zero-order chi connectivity index (χ0) is 28.2. The second kappa shape index (κ2) is 14.1. The zero-order valence-corrected chi connectivity index (χ0v) is 19.9. The third kappa shape index (κ3) is 9.69. The van der Waals surface area contributed by atoms with Crippen molar-refractivity contribution in [2.75, 3.05) is 0 Å². The van der Waals surface area contributed by atoms with Gasteiger partial charge in [0, 0.05) is 43.0 Å². The number of H-pyrrole nitrogens is 2. The summed E-state index contributed by atoms with van der Waals surface area (Å²) in [4.78, 5) is 85.2. The molecule has 3 amide bonds. The maximum atomic E-state index is 13.1. The van der Waals surface area contributed by atoms with Crippen LogP contribution in [0.25, 0.3) is 0 Å². The minimum atomic E-state index is -1.83. The Kier molecular flexibility index (Phi) is 10.9. The van der Waals surface area contributed by atoms with Crippen molar-refractivity contribution in [3.63, 3.8) is 0 Å². The zero-order valence-electron chi connectivity index (χ0n) is 19.9. The van der Waals surface area contributed by atoms with Gasteiger partial charge in [-0.05, 0) is 6.42 Å². The lowest BCUT2D eigenvalue weighted by molar-refractivity contribution is -0.147. The van der Waals surface area contributed by atoms with E-state index in [0.29, 0.717) is 11.4 Å². The summed E-state index contributed by atoms with van der Waals surface area (Å²) in [6, 6.07) is -5.77. The van der Waals surface area contributed by atoms with Gasteiger partial charge in [0.1, 0.15) is 18.1 Å². The average Bonchev–Trinajstić information content (AvgIpc) is 3.54. The molecular formula is C21H28N8O9. The van der Waals surface area contributed by atoms with E-state index in [2.05, 4.69) is 30.6 Å². The van der Waals surface area contributed by atoms with Crippen molar-refractivity contribution in [1.29, 1.82) is 0 Å². The maximum absolute atomic E-state index is 13.1. The van der Waals surface area contributed by atoms with Crippen molar-refractivity contribution in [2.24, 2.45) is 5.73 Å². The summed E-state index contributed by atoms with van der Waals surface area (Å²) < 4.78 is 0. The van der Waals surface area contributed by atoms with Gasteiger partial charge in [-0.1, -0.05) is 0 Å². The fourth-order valence-corrected chi connectivity index (χ4v) is 3.29. The summed E-state index contributed by atoms with van der Waals surface area (Å²) in [5.41, 5.74) is 6.95. The molecular weight excluding hydrogens is 508 g/mol. The molecule has 0 aromatic carbocycles. The first kappa shape index (κ1) is 29.4. The van der Waals surface area contributed by atoms with E-state index in [-0.39, 0.29) is 12.8 Å². The summed E-state index contributed by atoms with van der Waals surface area (Å²) in [6.07, 6.45) is 3.60. The number of rotatable bonds is 16. The molecule has 0 radical (unpaired) electrons. The first-order valence-corrected chi connectivity index (χ1v) is 11.2. The van der Waals surface area contributed by atoms with Gasteiger partial charge in [-0.15, -0.1) is 0 Å². The lowest BCUT2D eigenvalue weighted by Gasteiger charge is -2.24. The lowest BCUT2D eigenvalue weighted by Crippen LogP contribution is -2.58. The van der Waals surface area contributed by atoms with Crippen LogP contribution < -0.4 is 21.7 Å². The highest BCUT2D eigenvalue weighted by Crippen LogP contribution is 2.06. The van der Waals surface area contributed by atoms with E-state index in [1.807, 2.05) is 5.32 Å². The fraction of sp³-hybridized carbons (Fsp3) is 0.429. The quantitative estimate of drug-likeness (QED) is 0.105. The minimum Gasteiger partial charge on any atom is -0.481 e. The van der Waals surface area contributed by atoms with Crippen LogP contribution in [0.3, 0.4) is 0 Å². The predicted molar refractivity (Wildman–Crippen MR) is 125 cm³/mol. The monoisotopic (exact) mass is 536 g/mol. The molecule has 2 heterocycles. The molecule has 0 fully saturated rings. The van der Waals surface area contributed by atoms with E-state index in [4.69, 9.17) is 15.9 Å². The van der Waals surface area contributed by atoms with Crippen LogP contribution in [0.5, 0.6) is 0 Å². The number of carboxylic acids is 3. The Morgan fingerprint density at radius 3 is 1.79 bits per heavy atom. The first-order chi connectivity index (χ1) is 18.0. The van der Waals surface area contributed by atoms with Gasteiger partial charge in [0.2, 0.25) is 17.7 Å². The number of hydrogen-bond acceptors (Lipinski definition) is 9. The summed E-state index contributed by atoms with van der Waals surface area (Å²) in [5, 5.41) is 33.9. The topological polar surface area (TPSA) is 283 Å². The number of aromatic nitrogens is 4. The van der Waals surface area contributed by atoms with Gasteiger partial charge in [0.15, 0.2) is 0 Å². The number of nitrogens with two attached hydrogens (primary N) is 1. The Hall–Kier alpha value is -4.80. The number of carboxylic acid groups (broad SMARTS) is 3. The van der Waals surface area contributed by atoms with Gasteiger partial charge in [-0.2, -0.15) is 0 Å². The molecule has 0 aliphatic carbocycles. The molecule has 0 saturated heterocycles. The van der Waals surface area contributed by atoms with E-state index in [1.165, 1.54) is 25.0 Å². The van der Waals surface area contributed by atoms with Crippen LogP contribution in [0.1, 0.15) is 30.7 Å². The summed E-state index contributed by atoms with van der Waals surface area (Å²) in [5.74, 6) is -7.17. The van der Waals surface area contributed by atoms with E-state index in [9.17, 15) is 33.9 Å². The van der Waals surface area contributed by atoms with Crippen LogP contribution in [0, 0.1) is 0 Å². The summed E-state index contributed by atoms with van der Waals surface area (Å²) in [6.45, 7) is 0. The second-order valence-electron chi connectivity index (χ2n) is 8.22. The number of hydrogen-bond donors (Lipinski definition) is 9. The third-order valence-electron chi connectivity index (χ3n) is 5.22. The molecule has 0 saturated carbocycles. The Bertz CT molecular complexity index is 1120. The van der Waals surface area contributed by atoms with Gasteiger partial charge < -0.3 is 47.0 Å². The first-order valence-electron chi connectivity index (χ1n) is 11.2. The normalized spacial score (nSPS) is 13.9. The van der Waals surface area contributed by atoms with E-state index < -0.39 is 79.1 Å². The van der Waals surface area contributed by atoms with E-state index in [1.54, 1.807) is 0 Å². The number of nitrogens with one attached hydrogen (secondary N) is 5. The number of nitrogens with zero attached hydrogens (tertiary/aromatic N) is 2. The molecule has 10 N–H and O–H groups in total. The van der Waals surface area contributed by atoms with Gasteiger partial charge >= 0.3 is 17.9 Å². The van der Waals surface area contributed by atoms with Crippen LogP contribution in [-0.2, 0) is 41.6 Å². The molecule has 0 spiro atoms. The number of imidazole rings is 2. The molecule has 4 atom stereocenters. The fourth-order valence-electron chi connectivity index (χ4n) is 3.29. The molecule has 2 rings (SSSR count). The van der Waals surface area contributed by atoms with Crippen LogP contribution in [0.15, 0.2) is 25.0 Å². The van der Waals surface area contributed by atoms with E-state index >= 15 is 0 Å².